The van der Waals surface area contributed by atoms with Crippen molar-refractivity contribution in [2.45, 2.75) is 11.8 Å². The first-order valence-electron chi connectivity index (χ1n) is 7.14. The number of carbonyl (C=O) groups is 1. The highest BCUT2D eigenvalue weighted by molar-refractivity contribution is 8.00. The molecule has 0 aliphatic carbocycles. The van der Waals surface area contributed by atoms with Gasteiger partial charge in [-0.05, 0) is 24.0 Å². The molecule has 124 valence electrons. The molecule has 0 aliphatic rings. The van der Waals surface area contributed by atoms with E-state index in [9.17, 15) is 4.79 Å². The number of allylic oxidation sites excluding steroid dienone is 4. The molecule has 24 heavy (non-hydrogen) atoms. The molecule has 0 saturated heterocycles. The summed E-state index contributed by atoms with van der Waals surface area (Å²) in [6.07, 6.45) is 8.98. The minimum atomic E-state index is -0.362. The molecule has 0 N–H and O–H groups in total. The molecule has 0 amide bonds. The number of halogens is 2. The van der Waals surface area contributed by atoms with Gasteiger partial charge in [0.05, 0.1) is 26.8 Å². The first-order valence-corrected chi connectivity index (χ1v) is 9.33. The van der Waals surface area contributed by atoms with Crippen LogP contribution in [0.2, 0.25) is 10.0 Å². The minimum absolute atomic E-state index is 0.362. The maximum atomic E-state index is 12.2. The summed E-state index contributed by atoms with van der Waals surface area (Å²) in [5, 5.41) is 1.05. The molecule has 0 bridgehead atoms. The summed E-state index contributed by atoms with van der Waals surface area (Å²) in [6.45, 7) is 5.63. The van der Waals surface area contributed by atoms with Crippen LogP contribution in [0.25, 0.3) is 17.0 Å². The molecule has 0 saturated carbocycles. The maximum absolute atomic E-state index is 12.2. The van der Waals surface area contributed by atoms with E-state index in [1.54, 1.807) is 24.3 Å². The number of thioether (sulfide) groups is 1. The first kappa shape index (κ1) is 19.1. The largest absolute Gasteiger partial charge is 0.282 e. The van der Waals surface area contributed by atoms with Crippen molar-refractivity contribution in [3.8, 4) is 0 Å². The van der Waals surface area contributed by atoms with Crippen LogP contribution in [0.15, 0.2) is 47.9 Å². The topological polar surface area (TPSA) is 30.0 Å². The smallest absolute Gasteiger partial charge is 0.218 e. The van der Waals surface area contributed by atoms with Crippen LogP contribution in [0.5, 0.6) is 0 Å². The number of pyridine rings is 1. The van der Waals surface area contributed by atoms with Crippen LogP contribution in [-0.2, 0) is 0 Å². The fourth-order valence-electron chi connectivity index (χ4n) is 2.20. The number of rotatable bonds is 6. The Balaban J connectivity index is 2.86. The van der Waals surface area contributed by atoms with Gasteiger partial charge in [0.15, 0.2) is 0 Å². The SMILES string of the molecule is C=C/C=C\C=C\c1nc2c(Cl)ccc(Cl)c2c(C(=O)S)c1SCC. The quantitative estimate of drug-likeness (QED) is 0.344. The molecule has 0 aliphatic heterocycles. The van der Waals surface area contributed by atoms with Crippen molar-refractivity contribution in [2.24, 2.45) is 0 Å². The maximum Gasteiger partial charge on any atom is 0.218 e. The van der Waals surface area contributed by atoms with Crippen molar-refractivity contribution in [3.63, 3.8) is 0 Å². The molecule has 2 rings (SSSR count). The van der Waals surface area contributed by atoms with Gasteiger partial charge in [-0.15, -0.1) is 24.4 Å². The van der Waals surface area contributed by atoms with Gasteiger partial charge in [0.2, 0.25) is 5.12 Å². The van der Waals surface area contributed by atoms with E-state index < -0.39 is 0 Å². The summed E-state index contributed by atoms with van der Waals surface area (Å²) in [5.74, 6) is 0.781. The Morgan fingerprint density at radius 2 is 2.00 bits per heavy atom. The molecule has 2 nitrogen and oxygen atoms in total. The number of nitrogens with zero attached hydrogens (tertiary/aromatic N) is 1. The number of hydrogen-bond donors (Lipinski definition) is 1. The molecule has 0 radical (unpaired) electrons. The van der Waals surface area contributed by atoms with E-state index in [4.69, 9.17) is 23.2 Å². The van der Waals surface area contributed by atoms with Crippen molar-refractivity contribution < 1.29 is 4.79 Å². The molecular formula is C18H15Cl2NOS2. The zero-order chi connectivity index (χ0) is 17.7. The van der Waals surface area contributed by atoms with E-state index in [0.717, 1.165) is 10.6 Å². The number of thiol groups is 1. The summed E-state index contributed by atoms with van der Waals surface area (Å²) >= 11 is 18.2. The van der Waals surface area contributed by atoms with Gasteiger partial charge < -0.3 is 0 Å². The first-order chi connectivity index (χ1) is 11.5. The third-order valence-electron chi connectivity index (χ3n) is 3.13. The van der Waals surface area contributed by atoms with Crippen molar-refractivity contribution >= 4 is 69.7 Å². The van der Waals surface area contributed by atoms with Crippen LogP contribution in [0.4, 0.5) is 0 Å². The van der Waals surface area contributed by atoms with Crippen LogP contribution < -0.4 is 0 Å². The predicted molar refractivity (Wildman–Crippen MR) is 110 cm³/mol. The molecule has 1 aromatic carbocycles. The number of benzene rings is 1. The Morgan fingerprint density at radius 3 is 2.62 bits per heavy atom. The lowest BCUT2D eigenvalue weighted by molar-refractivity contribution is 0.109. The van der Waals surface area contributed by atoms with Crippen LogP contribution in [0.3, 0.4) is 0 Å². The van der Waals surface area contributed by atoms with E-state index in [2.05, 4.69) is 24.2 Å². The van der Waals surface area contributed by atoms with E-state index in [1.165, 1.54) is 11.8 Å². The highest BCUT2D eigenvalue weighted by Crippen LogP contribution is 2.39. The minimum Gasteiger partial charge on any atom is -0.282 e. The van der Waals surface area contributed by atoms with Crippen molar-refractivity contribution in [1.29, 1.82) is 0 Å². The molecule has 2 aromatic rings. The van der Waals surface area contributed by atoms with Gasteiger partial charge in [-0.25, -0.2) is 4.98 Å². The lowest BCUT2D eigenvalue weighted by Crippen LogP contribution is -2.02. The van der Waals surface area contributed by atoms with Gasteiger partial charge >= 0.3 is 0 Å². The summed E-state index contributed by atoms with van der Waals surface area (Å²) in [6, 6.07) is 3.33. The van der Waals surface area contributed by atoms with Crippen molar-refractivity contribution in [2.75, 3.05) is 5.75 Å². The van der Waals surface area contributed by atoms with Crippen LogP contribution >= 0.6 is 47.6 Å². The summed E-state index contributed by atoms with van der Waals surface area (Å²) < 4.78 is 0. The summed E-state index contributed by atoms with van der Waals surface area (Å²) in [7, 11) is 0. The van der Waals surface area contributed by atoms with Gasteiger partial charge in [0.25, 0.3) is 0 Å². The highest BCUT2D eigenvalue weighted by Gasteiger charge is 2.21. The van der Waals surface area contributed by atoms with Crippen molar-refractivity contribution in [1.82, 2.24) is 4.98 Å². The molecule has 0 atom stereocenters. The average molecular weight is 396 g/mol. The second kappa shape index (κ2) is 8.77. The Kier molecular flexibility index (Phi) is 6.99. The number of carbonyl (C=O) groups excluding carboxylic acids is 1. The van der Waals surface area contributed by atoms with E-state index in [0.29, 0.717) is 32.2 Å². The Hall–Kier alpha value is -1.20. The van der Waals surface area contributed by atoms with Crippen molar-refractivity contribution in [3.05, 3.63) is 64.3 Å². The average Bonchev–Trinajstić information content (AvgIpc) is 2.55. The predicted octanol–water partition coefficient (Wildman–Crippen LogP) is 6.48. The zero-order valence-electron chi connectivity index (χ0n) is 12.9. The lowest BCUT2D eigenvalue weighted by Gasteiger charge is -2.14. The van der Waals surface area contributed by atoms with Crippen LogP contribution in [0, 0.1) is 0 Å². The second-order valence-electron chi connectivity index (χ2n) is 4.67. The molecule has 0 unspecified atom stereocenters. The highest BCUT2D eigenvalue weighted by atomic mass is 35.5. The molecule has 6 heteroatoms. The molecule has 1 aromatic heterocycles. The molecule has 0 fully saturated rings. The fourth-order valence-corrected chi connectivity index (χ4v) is 3.83. The van der Waals surface area contributed by atoms with Crippen LogP contribution in [0.1, 0.15) is 23.0 Å². The Labute approximate surface area is 161 Å². The number of fused-ring (bicyclic) bond motifs is 1. The zero-order valence-corrected chi connectivity index (χ0v) is 16.1. The monoisotopic (exact) mass is 395 g/mol. The standard InChI is InChI=1S/C18H15Cl2NOS2/c1-3-5-6-7-8-13-17(24-4-2)15(18(22)23)14-11(19)9-10-12(20)16(14)21-13/h3,5-10H,1,4H2,2H3,(H,22,23)/b6-5-,8-7+. The van der Waals surface area contributed by atoms with E-state index >= 15 is 0 Å². The third kappa shape index (κ3) is 4.06. The summed E-state index contributed by atoms with van der Waals surface area (Å²) in [4.78, 5) is 17.6. The fraction of sp³-hybridized carbons (Fsp3) is 0.111. The van der Waals surface area contributed by atoms with Gasteiger partial charge in [-0.3, -0.25) is 4.79 Å². The van der Waals surface area contributed by atoms with Crippen LogP contribution in [-0.4, -0.2) is 15.9 Å². The van der Waals surface area contributed by atoms with E-state index in [1.807, 2.05) is 25.2 Å². The van der Waals surface area contributed by atoms with E-state index in [-0.39, 0.29) is 5.12 Å². The van der Waals surface area contributed by atoms with Gasteiger partial charge in [-0.2, -0.15) is 0 Å². The Bertz CT molecular complexity index is 860. The lowest BCUT2D eigenvalue weighted by atomic mass is 10.1. The third-order valence-corrected chi connectivity index (χ3v) is 4.97. The molecular weight excluding hydrogens is 381 g/mol. The second-order valence-corrected chi connectivity index (χ2v) is 7.17. The number of aromatic nitrogens is 1. The van der Waals surface area contributed by atoms with Gasteiger partial charge in [-0.1, -0.05) is 61.0 Å². The Morgan fingerprint density at radius 1 is 1.29 bits per heavy atom. The van der Waals surface area contributed by atoms with Gasteiger partial charge in [0.1, 0.15) is 0 Å². The normalized spacial score (nSPS) is 11.7. The number of hydrogen-bond acceptors (Lipinski definition) is 3. The summed E-state index contributed by atoms with van der Waals surface area (Å²) in [5.41, 5.74) is 1.59. The van der Waals surface area contributed by atoms with Gasteiger partial charge in [0, 0.05) is 10.3 Å². The molecule has 1 heterocycles. The molecule has 0 spiro atoms.